The second-order valence-electron chi connectivity index (χ2n) is 3.72. The van der Waals surface area contributed by atoms with Crippen molar-refractivity contribution in [3.05, 3.63) is 29.8 Å². The average molecular weight is 340 g/mol. The van der Waals surface area contributed by atoms with Gasteiger partial charge in [-0.2, -0.15) is 4.37 Å². The number of hydrogen-bond donors (Lipinski definition) is 1. The molecule has 0 atom stereocenters. The zero-order chi connectivity index (χ0) is 15.2. The van der Waals surface area contributed by atoms with Gasteiger partial charge in [0.15, 0.2) is 4.34 Å². The summed E-state index contributed by atoms with van der Waals surface area (Å²) in [6, 6.07) is 6.11. The van der Waals surface area contributed by atoms with E-state index in [2.05, 4.69) is 14.7 Å². The molecule has 0 saturated carbocycles. The third-order valence-electron chi connectivity index (χ3n) is 2.32. The largest absolute Gasteiger partial charge is 0.545 e. The van der Waals surface area contributed by atoms with Gasteiger partial charge in [0.2, 0.25) is 11.1 Å². The first-order valence-electron chi connectivity index (χ1n) is 5.71. The van der Waals surface area contributed by atoms with Gasteiger partial charge in [-0.05, 0) is 23.9 Å². The molecular formula is C12H10N3O3S3-. The number of nitrogens with zero attached hydrogens (tertiary/aromatic N) is 2. The summed E-state index contributed by atoms with van der Waals surface area (Å²) in [5.74, 6) is -1.51. The maximum absolute atomic E-state index is 11.8. The second kappa shape index (κ2) is 7.43. The van der Waals surface area contributed by atoms with Gasteiger partial charge in [0.05, 0.1) is 11.7 Å². The Bertz CT molecular complexity index is 660. The van der Waals surface area contributed by atoms with Crippen molar-refractivity contribution >= 4 is 52.6 Å². The van der Waals surface area contributed by atoms with Crippen molar-refractivity contribution in [2.24, 2.45) is 0 Å². The number of carbonyl (C=O) groups excluding carboxylic acids is 2. The molecule has 0 saturated heterocycles. The summed E-state index contributed by atoms with van der Waals surface area (Å²) in [5, 5.41) is 14.2. The Hall–Kier alpha value is -1.58. The van der Waals surface area contributed by atoms with Crippen LogP contribution in [0.25, 0.3) is 0 Å². The summed E-state index contributed by atoms with van der Waals surface area (Å²) >= 11 is 3.92. The first kappa shape index (κ1) is 15.8. The maximum atomic E-state index is 11.8. The first-order chi connectivity index (χ1) is 10.1. The normalized spacial score (nSPS) is 10.3. The van der Waals surface area contributed by atoms with Crippen LogP contribution in [-0.4, -0.2) is 33.2 Å². The Morgan fingerprint density at radius 1 is 1.38 bits per heavy atom. The van der Waals surface area contributed by atoms with Gasteiger partial charge < -0.3 is 15.2 Å². The molecule has 2 aromatic rings. The minimum absolute atomic E-state index is 0.0450. The molecule has 1 amide bonds. The van der Waals surface area contributed by atoms with E-state index in [1.165, 1.54) is 47.2 Å². The summed E-state index contributed by atoms with van der Waals surface area (Å²) in [5.41, 5.74) is 0.182. The van der Waals surface area contributed by atoms with Crippen molar-refractivity contribution in [3.63, 3.8) is 0 Å². The van der Waals surface area contributed by atoms with Crippen LogP contribution in [0.15, 0.2) is 33.8 Å². The number of rotatable bonds is 6. The van der Waals surface area contributed by atoms with Crippen LogP contribution in [0.1, 0.15) is 10.4 Å². The minimum Gasteiger partial charge on any atom is -0.545 e. The highest BCUT2D eigenvalue weighted by molar-refractivity contribution is 8.01. The molecule has 1 N–H and O–H groups in total. The second-order valence-corrected chi connectivity index (χ2v) is 6.46. The van der Waals surface area contributed by atoms with Crippen LogP contribution in [0.2, 0.25) is 0 Å². The molecule has 0 aliphatic carbocycles. The third kappa shape index (κ3) is 4.45. The number of benzene rings is 1. The van der Waals surface area contributed by atoms with E-state index < -0.39 is 5.97 Å². The van der Waals surface area contributed by atoms with Gasteiger partial charge in [-0.15, -0.1) is 0 Å². The number of aromatic carboxylic acids is 1. The van der Waals surface area contributed by atoms with E-state index in [1.54, 1.807) is 12.1 Å². The predicted molar refractivity (Wildman–Crippen MR) is 81.8 cm³/mol. The number of carboxylic acids is 1. The van der Waals surface area contributed by atoms with Crippen LogP contribution >= 0.6 is 35.1 Å². The van der Waals surface area contributed by atoms with E-state index in [-0.39, 0.29) is 22.9 Å². The molecule has 9 heteroatoms. The first-order valence-corrected chi connectivity index (χ1v) is 8.69. The fourth-order valence-electron chi connectivity index (χ4n) is 1.42. The average Bonchev–Trinajstić information content (AvgIpc) is 2.93. The van der Waals surface area contributed by atoms with Gasteiger partial charge >= 0.3 is 0 Å². The molecule has 21 heavy (non-hydrogen) atoms. The van der Waals surface area contributed by atoms with E-state index in [9.17, 15) is 14.7 Å². The number of thioether (sulfide) groups is 2. The van der Waals surface area contributed by atoms with Gasteiger partial charge in [-0.25, -0.2) is 4.98 Å². The Morgan fingerprint density at radius 3 is 2.81 bits per heavy atom. The Balaban J connectivity index is 1.94. The molecule has 1 heterocycles. The van der Waals surface area contributed by atoms with Crippen LogP contribution in [0, 0.1) is 0 Å². The smallest absolute Gasteiger partial charge is 0.234 e. The number of aromatic nitrogens is 2. The zero-order valence-electron chi connectivity index (χ0n) is 10.9. The van der Waals surface area contributed by atoms with E-state index in [4.69, 9.17) is 0 Å². The molecule has 0 aliphatic rings. The summed E-state index contributed by atoms with van der Waals surface area (Å²) < 4.78 is 4.79. The van der Waals surface area contributed by atoms with Crippen LogP contribution < -0.4 is 10.4 Å². The van der Waals surface area contributed by atoms with Gasteiger partial charge in [-0.3, -0.25) is 4.79 Å². The molecule has 1 aromatic heterocycles. The lowest BCUT2D eigenvalue weighted by Gasteiger charge is -2.10. The lowest BCUT2D eigenvalue weighted by molar-refractivity contribution is -0.254. The quantitative estimate of drug-likeness (QED) is 0.793. The minimum atomic E-state index is -1.33. The van der Waals surface area contributed by atoms with Crippen molar-refractivity contribution in [3.8, 4) is 0 Å². The van der Waals surface area contributed by atoms with Gasteiger partial charge in [0, 0.05) is 11.3 Å². The molecular weight excluding hydrogens is 330 g/mol. The molecule has 0 unspecified atom stereocenters. The molecule has 6 nitrogen and oxygen atoms in total. The molecule has 0 spiro atoms. The number of carboxylic acid groups (broad SMARTS) is 1. The summed E-state index contributed by atoms with van der Waals surface area (Å²) in [7, 11) is 0. The summed E-state index contributed by atoms with van der Waals surface area (Å²) in [4.78, 5) is 27.0. The van der Waals surface area contributed by atoms with Gasteiger partial charge in [-0.1, -0.05) is 41.7 Å². The van der Waals surface area contributed by atoms with Gasteiger partial charge in [0.25, 0.3) is 0 Å². The number of carbonyl (C=O) groups is 2. The molecule has 0 radical (unpaired) electrons. The highest BCUT2D eigenvalue weighted by atomic mass is 32.2. The number of hydrogen-bond acceptors (Lipinski definition) is 8. The van der Waals surface area contributed by atoms with Crippen LogP contribution in [-0.2, 0) is 4.79 Å². The van der Waals surface area contributed by atoms with Crippen LogP contribution in [0.5, 0.6) is 0 Å². The molecule has 110 valence electrons. The maximum Gasteiger partial charge on any atom is 0.234 e. The molecule has 1 aromatic carbocycles. The Kier molecular flexibility index (Phi) is 5.59. The number of nitrogens with one attached hydrogen (secondary N) is 1. The predicted octanol–water partition coefficient (Wildman–Crippen LogP) is 1.35. The highest BCUT2D eigenvalue weighted by Crippen LogP contribution is 2.23. The number of amides is 1. The monoisotopic (exact) mass is 340 g/mol. The fraction of sp³-hybridized carbons (Fsp3) is 0.167. The molecule has 2 rings (SSSR count). The lowest BCUT2D eigenvalue weighted by atomic mass is 10.2. The van der Waals surface area contributed by atoms with Crippen molar-refractivity contribution in [1.29, 1.82) is 0 Å². The Morgan fingerprint density at radius 2 is 2.14 bits per heavy atom. The Labute approximate surface area is 133 Å². The SMILES string of the molecule is CSc1nsc(SCC(=O)Nc2ccccc2C(=O)[O-])n1. The van der Waals surface area contributed by atoms with Crippen LogP contribution in [0.4, 0.5) is 5.69 Å². The van der Waals surface area contributed by atoms with Crippen molar-refractivity contribution < 1.29 is 14.7 Å². The fourth-order valence-corrected chi connectivity index (χ4v) is 3.43. The third-order valence-corrected chi connectivity index (χ3v) is 4.82. The van der Waals surface area contributed by atoms with Crippen molar-refractivity contribution in [1.82, 2.24) is 9.36 Å². The van der Waals surface area contributed by atoms with E-state index in [0.717, 1.165) is 0 Å². The van der Waals surface area contributed by atoms with Gasteiger partial charge in [0.1, 0.15) is 0 Å². The number of para-hydroxylation sites is 1. The van der Waals surface area contributed by atoms with E-state index >= 15 is 0 Å². The summed E-state index contributed by atoms with van der Waals surface area (Å²) in [6.45, 7) is 0. The highest BCUT2D eigenvalue weighted by Gasteiger charge is 2.10. The summed E-state index contributed by atoms with van der Waals surface area (Å²) in [6.07, 6.45) is 1.88. The topological polar surface area (TPSA) is 95.0 Å². The van der Waals surface area contributed by atoms with E-state index in [1.807, 2.05) is 6.26 Å². The molecule has 0 aliphatic heterocycles. The number of anilines is 1. The molecule has 0 fully saturated rings. The standard InChI is InChI=1S/C12H11N3O3S3/c1-19-11-14-12(21-15-11)20-6-9(16)13-8-5-3-2-4-7(8)10(17)18/h2-5H,6H2,1H3,(H,13,16)(H,17,18)/p-1. The van der Waals surface area contributed by atoms with Crippen molar-refractivity contribution in [2.45, 2.75) is 9.50 Å². The lowest BCUT2D eigenvalue weighted by Crippen LogP contribution is -2.25. The van der Waals surface area contributed by atoms with Crippen molar-refractivity contribution in [2.75, 3.05) is 17.3 Å². The molecule has 0 bridgehead atoms. The van der Waals surface area contributed by atoms with E-state index in [0.29, 0.717) is 9.50 Å². The van der Waals surface area contributed by atoms with Crippen LogP contribution in [0.3, 0.4) is 0 Å². The zero-order valence-corrected chi connectivity index (χ0v) is 13.3.